The Morgan fingerprint density at radius 1 is 0.778 bits per heavy atom. The Balaban J connectivity index is 1.83. The van der Waals surface area contributed by atoms with Gasteiger partial charge in [-0.15, -0.1) is 0 Å². The monoisotopic (exact) mass is 388 g/mol. The number of sulfonamides is 1. The van der Waals surface area contributed by atoms with Crippen molar-refractivity contribution >= 4 is 27.3 Å². The molecule has 0 heterocycles. The van der Waals surface area contributed by atoms with Crippen LogP contribution in [0.4, 0.5) is 20.2 Å². The molecule has 0 radical (unpaired) electrons. The van der Waals surface area contributed by atoms with E-state index in [1.54, 1.807) is 30.3 Å². The molecule has 27 heavy (non-hydrogen) atoms. The summed E-state index contributed by atoms with van der Waals surface area (Å²) in [5.74, 6) is -2.74. The zero-order valence-corrected chi connectivity index (χ0v) is 14.6. The summed E-state index contributed by atoms with van der Waals surface area (Å²) >= 11 is 0. The molecule has 0 bridgehead atoms. The number of nitrogens with one attached hydrogen (secondary N) is 2. The number of anilines is 2. The molecule has 0 saturated carbocycles. The number of hydrogen-bond acceptors (Lipinski definition) is 3. The number of rotatable bonds is 5. The Morgan fingerprint density at radius 2 is 1.52 bits per heavy atom. The highest BCUT2D eigenvalue weighted by atomic mass is 32.2. The predicted octanol–water partition coefficient (Wildman–Crippen LogP) is 4.02. The molecule has 0 aromatic heterocycles. The highest BCUT2D eigenvalue weighted by Gasteiger charge is 2.17. The second-order valence-electron chi connectivity index (χ2n) is 5.58. The average Bonchev–Trinajstić information content (AvgIpc) is 2.65. The van der Waals surface area contributed by atoms with Crippen molar-refractivity contribution in [3.63, 3.8) is 0 Å². The van der Waals surface area contributed by atoms with Gasteiger partial charge in [0.25, 0.3) is 15.9 Å². The van der Waals surface area contributed by atoms with Crippen LogP contribution < -0.4 is 10.0 Å². The van der Waals surface area contributed by atoms with Crippen molar-refractivity contribution in [2.75, 3.05) is 10.0 Å². The minimum atomic E-state index is -4.09. The Morgan fingerprint density at radius 3 is 2.22 bits per heavy atom. The molecule has 8 heteroatoms. The van der Waals surface area contributed by atoms with E-state index in [1.165, 1.54) is 24.3 Å². The van der Waals surface area contributed by atoms with Crippen LogP contribution in [0.25, 0.3) is 0 Å². The summed E-state index contributed by atoms with van der Waals surface area (Å²) in [5.41, 5.74) is 0.565. The lowest BCUT2D eigenvalue weighted by Gasteiger charge is -2.10. The molecule has 3 aromatic carbocycles. The molecule has 138 valence electrons. The molecular weight excluding hydrogens is 374 g/mol. The van der Waals surface area contributed by atoms with E-state index in [9.17, 15) is 22.0 Å². The third-order valence-electron chi connectivity index (χ3n) is 3.61. The van der Waals surface area contributed by atoms with Crippen LogP contribution in [-0.2, 0) is 10.0 Å². The van der Waals surface area contributed by atoms with Gasteiger partial charge in [-0.2, -0.15) is 0 Å². The highest BCUT2D eigenvalue weighted by molar-refractivity contribution is 7.92. The largest absolute Gasteiger partial charge is 0.322 e. The fraction of sp³-hybridized carbons (Fsp3) is 0. The molecule has 0 fully saturated rings. The SMILES string of the molecule is O=C(Nc1ccccc1)c1cccc(S(=O)(=O)Nc2ccc(F)c(F)c2)c1. The lowest BCUT2D eigenvalue weighted by atomic mass is 10.2. The molecule has 0 saturated heterocycles. The van der Waals surface area contributed by atoms with Crippen LogP contribution in [0.5, 0.6) is 0 Å². The molecular formula is C19H14F2N2O3S. The molecule has 0 aliphatic carbocycles. The first-order valence-electron chi connectivity index (χ1n) is 7.79. The molecule has 5 nitrogen and oxygen atoms in total. The number of amides is 1. The minimum absolute atomic E-state index is 0.131. The molecule has 2 N–H and O–H groups in total. The van der Waals surface area contributed by atoms with Gasteiger partial charge in [0.2, 0.25) is 0 Å². The molecule has 3 rings (SSSR count). The van der Waals surface area contributed by atoms with Gasteiger partial charge in [-0.3, -0.25) is 9.52 Å². The van der Waals surface area contributed by atoms with E-state index in [2.05, 4.69) is 10.0 Å². The maximum absolute atomic E-state index is 13.3. The lowest BCUT2D eigenvalue weighted by molar-refractivity contribution is 0.102. The Hall–Kier alpha value is -3.26. The van der Waals surface area contributed by atoms with Crippen LogP contribution in [0.15, 0.2) is 77.7 Å². The van der Waals surface area contributed by atoms with Crippen molar-refractivity contribution in [3.05, 3.63) is 90.0 Å². The summed E-state index contributed by atoms with van der Waals surface area (Å²) in [6.45, 7) is 0. The summed E-state index contributed by atoms with van der Waals surface area (Å²) in [4.78, 5) is 12.1. The lowest BCUT2D eigenvalue weighted by Crippen LogP contribution is -2.16. The first-order chi connectivity index (χ1) is 12.8. The fourth-order valence-electron chi connectivity index (χ4n) is 2.30. The van der Waals surface area contributed by atoms with Crippen molar-refractivity contribution in [1.82, 2.24) is 0 Å². The van der Waals surface area contributed by atoms with Gasteiger partial charge >= 0.3 is 0 Å². The maximum Gasteiger partial charge on any atom is 0.261 e. The standard InChI is InChI=1S/C19H14F2N2O3S/c20-17-10-9-15(12-18(17)21)23-27(25,26)16-8-4-5-13(11-16)19(24)22-14-6-2-1-3-7-14/h1-12,23H,(H,22,24). The van der Waals surface area contributed by atoms with Crippen molar-refractivity contribution in [2.45, 2.75) is 4.90 Å². The van der Waals surface area contributed by atoms with E-state index in [-0.39, 0.29) is 16.1 Å². The average molecular weight is 388 g/mol. The van der Waals surface area contributed by atoms with Gasteiger partial charge in [-0.1, -0.05) is 24.3 Å². The van der Waals surface area contributed by atoms with Crippen LogP contribution in [0.1, 0.15) is 10.4 Å². The fourth-order valence-corrected chi connectivity index (χ4v) is 3.40. The van der Waals surface area contributed by atoms with Crippen LogP contribution in [0.2, 0.25) is 0 Å². The Bertz CT molecular complexity index is 1090. The normalized spacial score (nSPS) is 11.0. The molecule has 0 aliphatic heterocycles. The first kappa shape index (κ1) is 18.5. The summed E-state index contributed by atoms with van der Waals surface area (Å²) in [7, 11) is -4.09. The van der Waals surface area contributed by atoms with Gasteiger partial charge < -0.3 is 5.32 Å². The van der Waals surface area contributed by atoms with Crippen LogP contribution >= 0.6 is 0 Å². The molecule has 1 amide bonds. The van der Waals surface area contributed by atoms with E-state index in [4.69, 9.17) is 0 Å². The number of hydrogen-bond donors (Lipinski definition) is 2. The van der Waals surface area contributed by atoms with E-state index in [0.29, 0.717) is 5.69 Å². The van der Waals surface area contributed by atoms with Crippen molar-refractivity contribution in [2.24, 2.45) is 0 Å². The number of para-hydroxylation sites is 1. The van der Waals surface area contributed by atoms with E-state index in [1.807, 2.05) is 0 Å². The number of halogens is 2. The van der Waals surface area contributed by atoms with Gasteiger partial charge in [-0.05, 0) is 42.5 Å². The number of benzene rings is 3. The van der Waals surface area contributed by atoms with E-state index < -0.39 is 27.6 Å². The summed E-state index contributed by atoms with van der Waals surface area (Å²) < 4.78 is 53.3. The molecule has 3 aromatic rings. The molecule has 0 unspecified atom stereocenters. The van der Waals surface area contributed by atoms with Crippen molar-refractivity contribution in [1.29, 1.82) is 0 Å². The first-order valence-corrected chi connectivity index (χ1v) is 9.28. The number of carbonyl (C=O) groups is 1. The van der Waals surface area contributed by atoms with Crippen molar-refractivity contribution in [3.8, 4) is 0 Å². The third-order valence-corrected chi connectivity index (χ3v) is 4.99. The zero-order valence-electron chi connectivity index (χ0n) is 13.8. The molecule has 0 atom stereocenters. The summed E-state index contributed by atoms with van der Waals surface area (Å²) in [6, 6.07) is 16.7. The maximum atomic E-state index is 13.3. The van der Waals surface area contributed by atoms with Crippen molar-refractivity contribution < 1.29 is 22.0 Å². The topological polar surface area (TPSA) is 75.3 Å². The zero-order chi connectivity index (χ0) is 19.4. The van der Waals surface area contributed by atoms with Gasteiger partial charge in [0, 0.05) is 17.3 Å². The highest BCUT2D eigenvalue weighted by Crippen LogP contribution is 2.20. The smallest absolute Gasteiger partial charge is 0.261 e. The Labute approximate surface area is 154 Å². The summed E-state index contributed by atoms with van der Waals surface area (Å²) in [5, 5.41) is 2.65. The predicted molar refractivity (Wildman–Crippen MR) is 98.0 cm³/mol. The van der Waals surface area contributed by atoms with Gasteiger partial charge in [-0.25, -0.2) is 17.2 Å². The summed E-state index contributed by atoms with van der Waals surface area (Å²) in [6.07, 6.45) is 0. The van der Waals surface area contributed by atoms with Gasteiger partial charge in [0.1, 0.15) is 0 Å². The molecule has 0 aliphatic rings. The quantitative estimate of drug-likeness (QED) is 0.693. The minimum Gasteiger partial charge on any atom is -0.322 e. The molecule has 0 spiro atoms. The Kier molecular flexibility index (Phi) is 5.18. The second kappa shape index (κ2) is 7.55. The number of carbonyl (C=O) groups excluding carboxylic acids is 1. The van der Waals surface area contributed by atoms with Gasteiger partial charge in [0.05, 0.1) is 10.6 Å². The second-order valence-corrected chi connectivity index (χ2v) is 7.26. The third kappa shape index (κ3) is 4.48. The van der Waals surface area contributed by atoms with Crippen LogP contribution in [-0.4, -0.2) is 14.3 Å². The van der Waals surface area contributed by atoms with E-state index >= 15 is 0 Å². The van der Waals surface area contributed by atoms with E-state index in [0.717, 1.165) is 18.2 Å². The van der Waals surface area contributed by atoms with Gasteiger partial charge in [0.15, 0.2) is 11.6 Å². The van der Waals surface area contributed by atoms with Crippen LogP contribution in [0, 0.1) is 11.6 Å². The van der Waals surface area contributed by atoms with Crippen LogP contribution in [0.3, 0.4) is 0 Å².